The first-order valence-electron chi connectivity index (χ1n) is 4.54. The molecule has 0 aliphatic carbocycles. The zero-order valence-corrected chi connectivity index (χ0v) is 9.04. The zero-order chi connectivity index (χ0) is 11.1. The minimum absolute atomic E-state index is 0.0813. The summed E-state index contributed by atoms with van der Waals surface area (Å²) in [5.74, 6) is 0.654. The Labute approximate surface area is 88.3 Å². The fraction of sp³-hybridized carbons (Fsp3) is 0.333. The number of hydrogen-bond acceptors (Lipinski definition) is 4. The summed E-state index contributed by atoms with van der Waals surface area (Å²) in [5, 5.41) is 8.10. The molecule has 1 unspecified atom stereocenters. The van der Waals surface area contributed by atoms with E-state index in [4.69, 9.17) is 9.88 Å². The molecule has 1 aromatic rings. The van der Waals surface area contributed by atoms with Crippen molar-refractivity contribution >= 4 is 15.7 Å². The standard InChI is InChI=1S/C9H12N2O3S/c1-6-5-11-8-4-7(15(10,12)13)2-3-9(8)14-6/h2-4,6,11H,5H2,1H3,(H2,10,12,13). The Kier molecular flexibility index (Phi) is 2.32. The van der Waals surface area contributed by atoms with E-state index in [9.17, 15) is 8.42 Å². The first-order chi connectivity index (χ1) is 6.97. The van der Waals surface area contributed by atoms with Crippen LogP contribution in [0.3, 0.4) is 0 Å². The van der Waals surface area contributed by atoms with Gasteiger partial charge in [-0.25, -0.2) is 13.6 Å². The molecule has 1 heterocycles. The summed E-state index contributed by atoms with van der Waals surface area (Å²) in [6.07, 6.45) is 0.0813. The van der Waals surface area contributed by atoms with Crippen molar-refractivity contribution in [2.75, 3.05) is 11.9 Å². The molecule has 1 aromatic carbocycles. The van der Waals surface area contributed by atoms with Crippen molar-refractivity contribution in [3.63, 3.8) is 0 Å². The molecule has 0 aromatic heterocycles. The van der Waals surface area contributed by atoms with Gasteiger partial charge in [-0.1, -0.05) is 0 Å². The molecular weight excluding hydrogens is 216 g/mol. The predicted octanol–water partition coefficient (Wildman–Crippen LogP) is 0.527. The van der Waals surface area contributed by atoms with E-state index in [1.54, 1.807) is 6.07 Å². The lowest BCUT2D eigenvalue weighted by Crippen LogP contribution is -2.27. The fourth-order valence-electron chi connectivity index (χ4n) is 1.44. The first kappa shape index (κ1) is 10.3. The van der Waals surface area contributed by atoms with Crippen molar-refractivity contribution < 1.29 is 13.2 Å². The molecule has 0 saturated heterocycles. The van der Waals surface area contributed by atoms with Crippen LogP contribution in [0.4, 0.5) is 5.69 Å². The fourth-order valence-corrected chi connectivity index (χ4v) is 1.98. The number of primary sulfonamides is 1. The van der Waals surface area contributed by atoms with Gasteiger partial charge in [-0.15, -0.1) is 0 Å². The molecule has 0 spiro atoms. The number of benzene rings is 1. The summed E-state index contributed by atoms with van der Waals surface area (Å²) in [4.78, 5) is 0.0897. The number of rotatable bonds is 1. The van der Waals surface area contributed by atoms with E-state index in [2.05, 4.69) is 5.32 Å². The summed E-state index contributed by atoms with van der Waals surface area (Å²) in [5.41, 5.74) is 0.666. The molecule has 1 aliphatic heterocycles. The van der Waals surface area contributed by atoms with Gasteiger partial charge >= 0.3 is 0 Å². The van der Waals surface area contributed by atoms with Gasteiger partial charge in [0.05, 0.1) is 17.1 Å². The van der Waals surface area contributed by atoms with Crippen molar-refractivity contribution in [2.24, 2.45) is 5.14 Å². The van der Waals surface area contributed by atoms with Crippen LogP contribution in [0.2, 0.25) is 0 Å². The average Bonchev–Trinajstić information content (AvgIpc) is 2.15. The average molecular weight is 228 g/mol. The third-order valence-electron chi connectivity index (χ3n) is 2.19. The lowest BCUT2D eigenvalue weighted by atomic mass is 10.2. The van der Waals surface area contributed by atoms with E-state index in [1.165, 1.54) is 12.1 Å². The Morgan fingerprint density at radius 2 is 2.27 bits per heavy atom. The number of fused-ring (bicyclic) bond motifs is 1. The van der Waals surface area contributed by atoms with Crippen molar-refractivity contribution in [3.8, 4) is 5.75 Å². The van der Waals surface area contributed by atoms with Crippen LogP contribution >= 0.6 is 0 Å². The first-order valence-corrected chi connectivity index (χ1v) is 6.09. The Morgan fingerprint density at radius 3 is 2.93 bits per heavy atom. The normalized spacial score (nSPS) is 20.0. The quantitative estimate of drug-likeness (QED) is 0.734. The molecule has 1 atom stereocenters. The zero-order valence-electron chi connectivity index (χ0n) is 8.23. The van der Waals surface area contributed by atoms with Crippen LogP contribution in [0.5, 0.6) is 5.75 Å². The van der Waals surface area contributed by atoms with E-state index in [0.717, 1.165) is 0 Å². The Morgan fingerprint density at radius 1 is 1.53 bits per heavy atom. The molecule has 82 valence electrons. The van der Waals surface area contributed by atoms with Crippen LogP contribution in [0.1, 0.15) is 6.92 Å². The number of ether oxygens (including phenoxy) is 1. The maximum absolute atomic E-state index is 11.1. The number of hydrogen-bond donors (Lipinski definition) is 2. The van der Waals surface area contributed by atoms with Crippen molar-refractivity contribution in [1.82, 2.24) is 0 Å². The van der Waals surface area contributed by atoms with Crippen LogP contribution in [0.15, 0.2) is 23.1 Å². The minimum Gasteiger partial charge on any atom is -0.487 e. The van der Waals surface area contributed by atoms with Gasteiger partial charge in [0.25, 0.3) is 0 Å². The number of nitrogens with one attached hydrogen (secondary N) is 1. The van der Waals surface area contributed by atoms with Gasteiger partial charge in [-0.2, -0.15) is 0 Å². The van der Waals surface area contributed by atoms with E-state index >= 15 is 0 Å². The van der Waals surface area contributed by atoms with Gasteiger partial charge in [0.2, 0.25) is 10.0 Å². The van der Waals surface area contributed by atoms with E-state index in [1.807, 2.05) is 6.92 Å². The molecule has 2 rings (SSSR count). The molecule has 15 heavy (non-hydrogen) atoms. The minimum atomic E-state index is -3.65. The second-order valence-electron chi connectivity index (χ2n) is 3.51. The largest absolute Gasteiger partial charge is 0.487 e. The SMILES string of the molecule is CC1CNc2cc(S(N)(=O)=O)ccc2O1. The highest BCUT2D eigenvalue weighted by Gasteiger charge is 2.17. The highest BCUT2D eigenvalue weighted by atomic mass is 32.2. The molecule has 6 heteroatoms. The van der Waals surface area contributed by atoms with Gasteiger partial charge in [0, 0.05) is 0 Å². The third kappa shape index (κ3) is 2.05. The van der Waals surface area contributed by atoms with Crippen LogP contribution in [-0.2, 0) is 10.0 Å². The van der Waals surface area contributed by atoms with Gasteiger partial charge in [0.1, 0.15) is 11.9 Å². The second kappa shape index (κ2) is 3.39. The van der Waals surface area contributed by atoms with E-state index in [0.29, 0.717) is 18.0 Å². The molecule has 0 radical (unpaired) electrons. The van der Waals surface area contributed by atoms with E-state index < -0.39 is 10.0 Å². The number of nitrogens with two attached hydrogens (primary N) is 1. The molecule has 1 aliphatic rings. The summed E-state index contributed by atoms with van der Waals surface area (Å²) in [6, 6.07) is 4.53. The van der Waals surface area contributed by atoms with Gasteiger partial charge in [0.15, 0.2) is 0 Å². The Balaban J connectivity index is 2.44. The summed E-state index contributed by atoms with van der Waals surface area (Å²) in [7, 11) is -3.65. The second-order valence-corrected chi connectivity index (χ2v) is 5.07. The molecule has 5 nitrogen and oxygen atoms in total. The topological polar surface area (TPSA) is 81.4 Å². The molecule has 0 saturated carbocycles. The maximum atomic E-state index is 11.1. The lowest BCUT2D eigenvalue weighted by Gasteiger charge is -2.24. The summed E-state index contributed by atoms with van der Waals surface area (Å²) >= 11 is 0. The van der Waals surface area contributed by atoms with Gasteiger partial charge in [-0.05, 0) is 25.1 Å². The molecule has 0 fully saturated rings. The Bertz CT molecular complexity index is 484. The monoisotopic (exact) mass is 228 g/mol. The van der Waals surface area contributed by atoms with Crippen LogP contribution in [-0.4, -0.2) is 21.1 Å². The smallest absolute Gasteiger partial charge is 0.238 e. The molecule has 3 N–H and O–H groups in total. The van der Waals surface area contributed by atoms with E-state index in [-0.39, 0.29) is 11.0 Å². The predicted molar refractivity (Wildman–Crippen MR) is 56.4 cm³/mol. The Hall–Kier alpha value is -1.27. The van der Waals surface area contributed by atoms with Crippen molar-refractivity contribution in [1.29, 1.82) is 0 Å². The van der Waals surface area contributed by atoms with Crippen molar-refractivity contribution in [3.05, 3.63) is 18.2 Å². The van der Waals surface area contributed by atoms with Crippen molar-refractivity contribution in [2.45, 2.75) is 17.9 Å². The number of sulfonamides is 1. The highest BCUT2D eigenvalue weighted by Crippen LogP contribution is 2.30. The molecule has 0 bridgehead atoms. The van der Waals surface area contributed by atoms with Crippen LogP contribution < -0.4 is 15.2 Å². The molecule has 0 amide bonds. The summed E-state index contributed by atoms with van der Waals surface area (Å²) < 4.78 is 27.7. The highest BCUT2D eigenvalue weighted by molar-refractivity contribution is 7.89. The lowest BCUT2D eigenvalue weighted by molar-refractivity contribution is 0.226. The summed E-state index contributed by atoms with van der Waals surface area (Å²) in [6.45, 7) is 2.59. The van der Waals surface area contributed by atoms with Crippen LogP contribution in [0.25, 0.3) is 0 Å². The van der Waals surface area contributed by atoms with Gasteiger partial charge < -0.3 is 10.1 Å². The number of anilines is 1. The van der Waals surface area contributed by atoms with Crippen LogP contribution in [0, 0.1) is 0 Å². The molecular formula is C9H12N2O3S. The third-order valence-corrected chi connectivity index (χ3v) is 3.10. The van der Waals surface area contributed by atoms with Gasteiger partial charge in [-0.3, -0.25) is 0 Å². The maximum Gasteiger partial charge on any atom is 0.238 e.